The van der Waals surface area contributed by atoms with E-state index in [0.717, 1.165) is 40.1 Å². The van der Waals surface area contributed by atoms with E-state index in [9.17, 15) is 0 Å². The monoisotopic (exact) mass is 260 g/mol. The zero-order chi connectivity index (χ0) is 12.1. The Hall–Kier alpha value is -1.66. The average Bonchev–Trinajstić information content (AvgIpc) is 3.07. The molecular formula is C12H12N4OS. The summed E-state index contributed by atoms with van der Waals surface area (Å²) in [5.41, 5.74) is 8.17. The Bertz CT molecular complexity index is 726. The Kier molecular flexibility index (Phi) is 2.09. The highest BCUT2D eigenvalue weighted by molar-refractivity contribution is 7.26. The van der Waals surface area contributed by atoms with Gasteiger partial charge in [0, 0.05) is 24.1 Å². The molecule has 92 valence electrons. The smallest absolute Gasteiger partial charge is 0.163 e. The average molecular weight is 260 g/mol. The van der Waals surface area contributed by atoms with Gasteiger partial charge in [-0.15, -0.1) is 11.3 Å². The Labute approximate surface area is 107 Å². The summed E-state index contributed by atoms with van der Waals surface area (Å²) >= 11 is 1.60. The Balaban J connectivity index is 2.06. The third-order valence-corrected chi connectivity index (χ3v) is 4.63. The summed E-state index contributed by atoms with van der Waals surface area (Å²) in [5, 5.41) is 8.27. The first-order valence-electron chi connectivity index (χ1n) is 5.93. The Morgan fingerprint density at radius 1 is 1.50 bits per heavy atom. The van der Waals surface area contributed by atoms with Crippen molar-refractivity contribution >= 4 is 37.6 Å². The molecule has 3 aromatic rings. The second-order valence-corrected chi connectivity index (χ2v) is 5.55. The number of H-pyrrole nitrogens is 1. The maximum absolute atomic E-state index is 5.86. The summed E-state index contributed by atoms with van der Waals surface area (Å²) in [6.45, 7) is 1.63. The third-order valence-electron chi connectivity index (χ3n) is 3.51. The number of aromatic amines is 1. The van der Waals surface area contributed by atoms with E-state index in [2.05, 4.69) is 21.2 Å². The molecule has 4 heterocycles. The summed E-state index contributed by atoms with van der Waals surface area (Å²) in [6.07, 6.45) is 2.94. The van der Waals surface area contributed by atoms with E-state index in [0.29, 0.717) is 11.7 Å². The summed E-state index contributed by atoms with van der Waals surface area (Å²) in [6, 6.07) is 2.09. The lowest BCUT2D eigenvalue weighted by molar-refractivity contribution is 0.194. The molecule has 6 heteroatoms. The molecule has 5 nitrogen and oxygen atoms in total. The van der Waals surface area contributed by atoms with Crippen LogP contribution in [0.15, 0.2) is 12.3 Å². The number of nitrogens with one attached hydrogen (secondary N) is 1. The second kappa shape index (κ2) is 3.66. The molecule has 1 fully saturated rings. The van der Waals surface area contributed by atoms with E-state index in [1.165, 1.54) is 5.56 Å². The molecule has 3 N–H and O–H groups in total. The third kappa shape index (κ3) is 1.30. The lowest BCUT2D eigenvalue weighted by Crippen LogP contribution is -1.98. The topological polar surface area (TPSA) is 76.8 Å². The predicted octanol–water partition coefficient (Wildman–Crippen LogP) is 2.26. The highest BCUT2D eigenvalue weighted by atomic mass is 32.1. The van der Waals surface area contributed by atoms with Crippen LogP contribution >= 0.6 is 11.3 Å². The summed E-state index contributed by atoms with van der Waals surface area (Å²) < 4.78 is 6.49. The number of rotatable bonds is 1. The van der Waals surface area contributed by atoms with Gasteiger partial charge in [-0.2, -0.15) is 5.10 Å². The summed E-state index contributed by atoms with van der Waals surface area (Å²) in [7, 11) is 0. The van der Waals surface area contributed by atoms with Gasteiger partial charge in [-0.1, -0.05) is 0 Å². The molecule has 1 aliphatic rings. The van der Waals surface area contributed by atoms with Gasteiger partial charge in [-0.3, -0.25) is 5.10 Å². The largest absolute Gasteiger partial charge is 0.381 e. The number of anilines is 1. The number of nitrogen functional groups attached to an aromatic ring is 1. The van der Waals surface area contributed by atoms with Crippen molar-refractivity contribution in [2.45, 2.75) is 12.3 Å². The number of fused-ring (bicyclic) bond motifs is 3. The van der Waals surface area contributed by atoms with Gasteiger partial charge in [0.15, 0.2) is 5.82 Å². The van der Waals surface area contributed by atoms with Gasteiger partial charge in [0.25, 0.3) is 0 Å². The number of aromatic nitrogens is 3. The number of nitrogens with two attached hydrogens (primary N) is 1. The maximum Gasteiger partial charge on any atom is 0.163 e. The van der Waals surface area contributed by atoms with Gasteiger partial charge in [-0.05, 0) is 18.1 Å². The fraction of sp³-hybridized carbons (Fsp3) is 0.333. The lowest BCUT2D eigenvalue weighted by atomic mass is 9.96. The van der Waals surface area contributed by atoms with E-state index in [4.69, 9.17) is 10.5 Å². The van der Waals surface area contributed by atoms with Gasteiger partial charge < -0.3 is 10.5 Å². The molecule has 0 radical (unpaired) electrons. The Morgan fingerprint density at radius 2 is 2.44 bits per heavy atom. The molecule has 0 aromatic carbocycles. The lowest BCUT2D eigenvalue weighted by Gasteiger charge is -2.08. The van der Waals surface area contributed by atoms with E-state index in [1.54, 1.807) is 11.3 Å². The molecule has 0 bridgehead atoms. The normalized spacial score (nSPS) is 20.1. The molecule has 0 aliphatic carbocycles. The first kappa shape index (κ1) is 10.3. The molecular weight excluding hydrogens is 248 g/mol. The van der Waals surface area contributed by atoms with Crippen molar-refractivity contribution in [3.63, 3.8) is 0 Å². The van der Waals surface area contributed by atoms with E-state index in [1.807, 2.05) is 6.20 Å². The maximum atomic E-state index is 5.86. The van der Waals surface area contributed by atoms with Gasteiger partial charge in [0.1, 0.15) is 4.83 Å². The van der Waals surface area contributed by atoms with Gasteiger partial charge in [0.05, 0.1) is 16.8 Å². The van der Waals surface area contributed by atoms with Crippen LogP contribution in [0.2, 0.25) is 0 Å². The minimum absolute atomic E-state index is 0.456. The molecule has 1 saturated heterocycles. The van der Waals surface area contributed by atoms with Crippen LogP contribution in [0.3, 0.4) is 0 Å². The van der Waals surface area contributed by atoms with E-state index >= 15 is 0 Å². The highest BCUT2D eigenvalue weighted by Gasteiger charge is 2.23. The van der Waals surface area contributed by atoms with Crippen LogP contribution < -0.4 is 5.73 Å². The van der Waals surface area contributed by atoms with Crippen LogP contribution in [-0.2, 0) is 4.74 Å². The Morgan fingerprint density at radius 3 is 3.28 bits per heavy atom. The van der Waals surface area contributed by atoms with Gasteiger partial charge in [-0.25, -0.2) is 4.98 Å². The van der Waals surface area contributed by atoms with Crippen molar-refractivity contribution in [2.24, 2.45) is 0 Å². The fourth-order valence-electron chi connectivity index (χ4n) is 2.62. The molecule has 4 rings (SSSR count). The fourth-order valence-corrected chi connectivity index (χ4v) is 3.65. The van der Waals surface area contributed by atoms with Crippen molar-refractivity contribution < 1.29 is 4.74 Å². The van der Waals surface area contributed by atoms with Crippen LogP contribution in [0, 0.1) is 0 Å². The quantitative estimate of drug-likeness (QED) is 0.703. The summed E-state index contributed by atoms with van der Waals surface area (Å²) in [5.74, 6) is 1.01. The first-order valence-corrected chi connectivity index (χ1v) is 6.75. The van der Waals surface area contributed by atoms with Crippen LogP contribution in [0.4, 0.5) is 5.82 Å². The van der Waals surface area contributed by atoms with E-state index < -0.39 is 0 Å². The number of ether oxygens (including phenoxy) is 1. The van der Waals surface area contributed by atoms with Crippen molar-refractivity contribution in [3.8, 4) is 0 Å². The molecule has 1 unspecified atom stereocenters. The molecule has 0 spiro atoms. The summed E-state index contributed by atoms with van der Waals surface area (Å²) in [4.78, 5) is 5.46. The van der Waals surface area contributed by atoms with Crippen molar-refractivity contribution in [2.75, 3.05) is 18.9 Å². The van der Waals surface area contributed by atoms with Crippen molar-refractivity contribution in [3.05, 3.63) is 17.8 Å². The van der Waals surface area contributed by atoms with Gasteiger partial charge >= 0.3 is 0 Å². The number of hydrogen-bond donors (Lipinski definition) is 2. The zero-order valence-electron chi connectivity index (χ0n) is 9.64. The van der Waals surface area contributed by atoms with Crippen LogP contribution in [0.25, 0.3) is 20.4 Å². The molecule has 18 heavy (non-hydrogen) atoms. The number of hydrogen-bond acceptors (Lipinski definition) is 5. The minimum Gasteiger partial charge on any atom is -0.381 e. The number of nitrogens with zero attached hydrogens (tertiary/aromatic N) is 2. The predicted molar refractivity (Wildman–Crippen MR) is 71.9 cm³/mol. The molecule has 0 saturated carbocycles. The zero-order valence-corrected chi connectivity index (χ0v) is 10.5. The second-order valence-electron chi connectivity index (χ2n) is 4.56. The SMILES string of the molecule is Nc1n[nH]c2c1sc1nccc(C3CCOC3)c12. The van der Waals surface area contributed by atoms with Crippen LogP contribution in [-0.4, -0.2) is 28.4 Å². The number of thiophene rings is 1. The van der Waals surface area contributed by atoms with Crippen LogP contribution in [0.5, 0.6) is 0 Å². The molecule has 3 aromatic heterocycles. The number of pyridine rings is 1. The van der Waals surface area contributed by atoms with E-state index in [-0.39, 0.29) is 0 Å². The standard InChI is InChI=1S/C12H12N4OS/c13-11-10-9(15-16-11)8-7(6-2-4-17-5-6)1-3-14-12(8)18-10/h1,3,6H,2,4-5H2,(H3,13,15,16). The highest BCUT2D eigenvalue weighted by Crippen LogP contribution is 2.39. The minimum atomic E-state index is 0.456. The van der Waals surface area contributed by atoms with Gasteiger partial charge in [0.2, 0.25) is 0 Å². The molecule has 0 amide bonds. The van der Waals surface area contributed by atoms with Crippen LogP contribution in [0.1, 0.15) is 17.9 Å². The first-order chi connectivity index (χ1) is 8.84. The van der Waals surface area contributed by atoms with Crippen molar-refractivity contribution in [1.29, 1.82) is 0 Å². The molecule has 1 atom stereocenters. The molecule has 1 aliphatic heterocycles. The van der Waals surface area contributed by atoms with Crippen molar-refractivity contribution in [1.82, 2.24) is 15.2 Å².